The second kappa shape index (κ2) is 17.8. The standard InChI is InChI=1S/C39H42N6O6S/c1-2-9-29(41-36(47)33-19-20-35(46)45(33)39(49)51-27-28-10-4-3-5-11-28)13-8-14-34-37(48)44(26-31-12-6-7-21-40-31)38(52-34)42-30-15-17-32(18-16-30)43-22-24-50-25-23-43/h3-13,15-18,21,33-34H,2,14,19-20,22-27H2,1H3,(H,41,47)/b13-8-,29-9+,42-38?/t33-,34?/m0/s1. The summed E-state index contributed by atoms with van der Waals surface area (Å²) in [5.41, 5.74) is 3.89. The number of likely N-dealkylation sites (tertiary alicyclic amines) is 1. The summed E-state index contributed by atoms with van der Waals surface area (Å²) >= 11 is 1.40. The number of ether oxygens (including phenoxy) is 2. The molecule has 2 aromatic carbocycles. The largest absolute Gasteiger partial charge is 0.444 e. The van der Waals surface area contributed by atoms with Crippen LogP contribution in [0.15, 0.2) is 108 Å². The Hall–Kier alpha value is -5.27. The second-order valence-electron chi connectivity index (χ2n) is 12.4. The molecule has 2 atom stereocenters. The van der Waals surface area contributed by atoms with Crippen LogP contribution in [0.4, 0.5) is 16.2 Å². The molecule has 12 nitrogen and oxygen atoms in total. The number of amides is 4. The molecule has 13 heteroatoms. The van der Waals surface area contributed by atoms with E-state index in [2.05, 4.69) is 15.2 Å². The Kier molecular flexibility index (Phi) is 12.5. The fraction of sp³-hybridized carbons (Fsp3) is 0.333. The number of carbonyl (C=O) groups is 4. The first-order valence-electron chi connectivity index (χ1n) is 17.5. The molecule has 270 valence electrons. The zero-order valence-electron chi connectivity index (χ0n) is 29.1. The lowest BCUT2D eigenvalue weighted by Crippen LogP contribution is -2.47. The SMILES string of the molecule is CC/C=C(\C=C/CC1SC(=Nc2ccc(N3CCOCC3)cc2)N(Cc2ccccn2)C1=O)NC(=O)[C@@H]1CCC(=O)N1C(=O)OCc1ccccc1. The average Bonchev–Trinajstić information content (AvgIpc) is 3.70. The number of nitrogens with one attached hydrogen (secondary N) is 1. The second-order valence-corrected chi connectivity index (χ2v) is 13.6. The van der Waals surface area contributed by atoms with E-state index in [0.717, 1.165) is 40.6 Å². The van der Waals surface area contributed by atoms with Crippen molar-refractivity contribution in [1.29, 1.82) is 0 Å². The van der Waals surface area contributed by atoms with Gasteiger partial charge in [-0.25, -0.2) is 14.7 Å². The molecule has 3 aromatic rings. The first-order valence-corrected chi connectivity index (χ1v) is 18.4. The smallest absolute Gasteiger partial charge is 0.417 e. The van der Waals surface area contributed by atoms with Crippen molar-refractivity contribution in [2.45, 2.75) is 57.1 Å². The summed E-state index contributed by atoms with van der Waals surface area (Å²) in [4.78, 5) is 66.9. The predicted molar refractivity (Wildman–Crippen MR) is 200 cm³/mol. The van der Waals surface area contributed by atoms with Gasteiger partial charge in [0, 0.05) is 37.1 Å². The molecule has 0 spiro atoms. The molecule has 52 heavy (non-hydrogen) atoms. The van der Waals surface area contributed by atoms with Gasteiger partial charge in [0.15, 0.2) is 5.17 Å². The summed E-state index contributed by atoms with van der Waals surface area (Å²) in [5.74, 6) is -1.01. The fourth-order valence-electron chi connectivity index (χ4n) is 6.09. The minimum Gasteiger partial charge on any atom is -0.444 e. The number of aromatic nitrogens is 1. The van der Waals surface area contributed by atoms with Gasteiger partial charge in [0.25, 0.3) is 0 Å². The van der Waals surface area contributed by atoms with E-state index >= 15 is 0 Å². The number of thioether (sulfide) groups is 1. The Bertz CT molecular complexity index is 1810. The van der Waals surface area contributed by atoms with Gasteiger partial charge in [-0.3, -0.25) is 24.3 Å². The van der Waals surface area contributed by atoms with Gasteiger partial charge in [-0.05, 0) is 67.3 Å². The molecule has 1 unspecified atom stereocenters. The molecule has 1 N–H and O–H groups in total. The van der Waals surface area contributed by atoms with Crippen molar-refractivity contribution in [3.8, 4) is 0 Å². The zero-order valence-corrected chi connectivity index (χ0v) is 29.9. The molecule has 0 aliphatic carbocycles. The van der Waals surface area contributed by atoms with Crippen LogP contribution >= 0.6 is 11.8 Å². The van der Waals surface area contributed by atoms with Crippen LogP contribution in [-0.2, 0) is 37.0 Å². The van der Waals surface area contributed by atoms with Crippen molar-refractivity contribution in [2.75, 3.05) is 31.2 Å². The number of aliphatic imine (C=N–C) groups is 1. The minimum absolute atomic E-state index is 0.00760. The molecule has 0 bridgehead atoms. The number of hydrogen-bond acceptors (Lipinski definition) is 10. The van der Waals surface area contributed by atoms with Crippen molar-refractivity contribution < 1.29 is 28.7 Å². The number of morpholine rings is 1. The van der Waals surface area contributed by atoms with E-state index in [1.807, 2.05) is 91.9 Å². The number of rotatable bonds is 12. The van der Waals surface area contributed by atoms with E-state index in [1.165, 1.54) is 11.8 Å². The molecule has 4 heterocycles. The normalized spacial score (nSPS) is 20.3. The van der Waals surface area contributed by atoms with Gasteiger partial charge >= 0.3 is 6.09 Å². The van der Waals surface area contributed by atoms with Crippen LogP contribution in [0.25, 0.3) is 0 Å². The number of nitrogens with zero attached hydrogens (tertiary/aromatic N) is 5. The van der Waals surface area contributed by atoms with Gasteiger partial charge in [-0.2, -0.15) is 0 Å². The molecule has 3 aliphatic rings. The van der Waals surface area contributed by atoms with Crippen LogP contribution in [0.3, 0.4) is 0 Å². The molecule has 1 aromatic heterocycles. The molecule has 0 radical (unpaired) electrons. The lowest BCUT2D eigenvalue weighted by atomic mass is 10.2. The quantitative estimate of drug-likeness (QED) is 0.233. The number of pyridine rings is 1. The van der Waals surface area contributed by atoms with E-state index in [9.17, 15) is 19.2 Å². The third kappa shape index (κ3) is 9.33. The number of hydrogen-bond donors (Lipinski definition) is 1. The Labute approximate surface area is 307 Å². The van der Waals surface area contributed by atoms with Gasteiger partial charge in [-0.15, -0.1) is 0 Å². The molecule has 3 fully saturated rings. The van der Waals surface area contributed by atoms with Gasteiger partial charge in [0.1, 0.15) is 12.6 Å². The predicted octanol–water partition coefficient (Wildman–Crippen LogP) is 5.73. The summed E-state index contributed by atoms with van der Waals surface area (Å²) in [5, 5.41) is 3.03. The van der Waals surface area contributed by atoms with Gasteiger partial charge in [0.2, 0.25) is 17.7 Å². The first-order chi connectivity index (χ1) is 25.4. The Morgan fingerprint density at radius 3 is 2.54 bits per heavy atom. The lowest BCUT2D eigenvalue weighted by Gasteiger charge is -2.28. The van der Waals surface area contributed by atoms with E-state index in [-0.39, 0.29) is 25.4 Å². The summed E-state index contributed by atoms with van der Waals surface area (Å²) in [6, 6.07) is 21.8. The van der Waals surface area contributed by atoms with E-state index in [1.54, 1.807) is 17.2 Å². The molecule has 4 amide bonds. The van der Waals surface area contributed by atoms with Crippen molar-refractivity contribution in [1.82, 2.24) is 20.1 Å². The molecule has 6 rings (SSSR count). The highest BCUT2D eigenvalue weighted by Gasteiger charge is 2.41. The Morgan fingerprint density at radius 2 is 1.81 bits per heavy atom. The van der Waals surface area contributed by atoms with Crippen LogP contribution in [-0.4, -0.2) is 81.4 Å². The molecular formula is C39H42N6O6S. The summed E-state index contributed by atoms with van der Waals surface area (Å²) < 4.78 is 10.8. The van der Waals surface area contributed by atoms with Crippen LogP contribution in [0.1, 0.15) is 43.9 Å². The zero-order chi connectivity index (χ0) is 36.3. The number of allylic oxidation sites excluding steroid dienone is 3. The number of carbonyl (C=O) groups excluding carboxylic acids is 4. The highest BCUT2D eigenvalue weighted by molar-refractivity contribution is 8.15. The molecule has 3 saturated heterocycles. The van der Waals surface area contributed by atoms with Gasteiger partial charge in [0.05, 0.1) is 36.4 Å². The maximum atomic E-state index is 13.8. The molecule has 3 aliphatic heterocycles. The average molecular weight is 723 g/mol. The maximum absolute atomic E-state index is 13.8. The van der Waals surface area contributed by atoms with Crippen molar-refractivity contribution in [3.63, 3.8) is 0 Å². The van der Waals surface area contributed by atoms with Crippen molar-refractivity contribution >= 4 is 52.1 Å². The Balaban J connectivity index is 1.11. The number of anilines is 1. The van der Waals surface area contributed by atoms with Crippen LogP contribution in [0.5, 0.6) is 0 Å². The van der Waals surface area contributed by atoms with E-state index in [0.29, 0.717) is 43.5 Å². The summed E-state index contributed by atoms with van der Waals surface area (Å²) in [6.45, 7) is 5.31. The number of amidine groups is 1. The van der Waals surface area contributed by atoms with Crippen molar-refractivity contribution in [3.05, 3.63) is 114 Å². The van der Waals surface area contributed by atoms with Crippen LogP contribution < -0.4 is 10.2 Å². The first kappa shape index (κ1) is 36.5. The van der Waals surface area contributed by atoms with Crippen LogP contribution in [0.2, 0.25) is 0 Å². The maximum Gasteiger partial charge on any atom is 0.417 e. The Morgan fingerprint density at radius 1 is 1.04 bits per heavy atom. The topological polar surface area (TPSA) is 134 Å². The third-order valence-corrected chi connectivity index (χ3v) is 9.97. The van der Waals surface area contributed by atoms with Gasteiger partial charge < -0.3 is 19.7 Å². The van der Waals surface area contributed by atoms with E-state index in [4.69, 9.17) is 14.5 Å². The summed E-state index contributed by atoms with van der Waals surface area (Å²) in [7, 11) is 0. The monoisotopic (exact) mass is 722 g/mol. The van der Waals surface area contributed by atoms with Crippen molar-refractivity contribution in [2.24, 2.45) is 4.99 Å². The molecular weight excluding hydrogens is 681 g/mol. The highest BCUT2D eigenvalue weighted by atomic mass is 32.2. The third-order valence-electron chi connectivity index (χ3n) is 8.77. The number of imide groups is 1. The lowest BCUT2D eigenvalue weighted by molar-refractivity contribution is -0.133. The van der Waals surface area contributed by atoms with E-state index < -0.39 is 29.2 Å². The minimum atomic E-state index is -0.988. The fourth-order valence-corrected chi connectivity index (χ4v) is 7.22. The number of benzene rings is 2. The van der Waals surface area contributed by atoms with Gasteiger partial charge in [-0.1, -0.05) is 67.2 Å². The molecule has 0 saturated carbocycles. The summed E-state index contributed by atoms with van der Waals surface area (Å²) in [6.07, 6.45) is 7.58. The highest BCUT2D eigenvalue weighted by Crippen LogP contribution is 2.33. The van der Waals surface area contributed by atoms with Crippen LogP contribution in [0, 0.1) is 0 Å².